The fraction of sp³-hybridized carbons (Fsp3) is 0.0769. The zero-order valence-electron chi connectivity index (χ0n) is 9.38. The molecule has 0 spiro atoms. The quantitative estimate of drug-likeness (QED) is 0.815. The lowest BCUT2D eigenvalue weighted by atomic mass is 10.1. The van der Waals surface area contributed by atoms with Crippen LogP contribution in [0.15, 0.2) is 42.6 Å². The smallest absolute Gasteiger partial charge is 0.211 e. The molecule has 2 aromatic rings. The van der Waals surface area contributed by atoms with E-state index in [1.165, 1.54) is 6.20 Å². The Morgan fingerprint density at radius 2 is 1.88 bits per heavy atom. The van der Waals surface area contributed by atoms with Gasteiger partial charge in [-0.15, -0.1) is 0 Å². The Morgan fingerprint density at radius 3 is 2.41 bits per heavy atom. The van der Waals surface area contributed by atoms with Crippen LogP contribution < -0.4 is 10.5 Å². The third-order valence-electron chi connectivity index (χ3n) is 2.37. The number of methoxy groups -OCH3 is 1. The third-order valence-corrected chi connectivity index (χ3v) is 2.37. The van der Waals surface area contributed by atoms with Crippen LogP contribution >= 0.6 is 0 Å². The van der Waals surface area contributed by atoms with Crippen LogP contribution in [0.4, 0.5) is 5.69 Å². The van der Waals surface area contributed by atoms with Gasteiger partial charge in [0.05, 0.1) is 19.0 Å². The van der Waals surface area contributed by atoms with Crippen LogP contribution in [0.3, 0.4) is 0 Å². The van der Waals surface area contributed by atoms with E-state index in [2.05, 4.69) is 4.98 Å². The van der Waals surface area contributed by atoms with Crippen molar-refractivity contribution in [2.45, 2.75) is 0 Å². The molecule has 1 aromatic heterocycles. The minimum absolute atomic E-state index is 0.132. The van der Waals surface area contributed by atoms with E-state index < -0.39 is 0 Å². The molecule has 0 saturated carbocycles. The van der Waals surface area contributed by atoms with Crippen molar-refractivity contribution >= 4 is 11.5 Å². The SMILES string of the molecule is COc1ccc(C(=O)c2ccc(N)cn2)cc1. The van der Waals surface area contributed by atoms with Gasteiger partial charge in [-0.25, -0.2) is 0 Å². The van der Waals surface area contributed by atoms with Gasteiger partial charge in [0.15, 0.2) is 0 Å². The molecule has 2 N–H and O–H groups in total. The molecule has 0 aliphatic heterocycles. The highest BCUT2D eigenvalue weighted by Gasteiger charge is 2.09. The van der Waals surface area contributed by atoms with Gasteiger partial charge in [-0.2, -0.15) is 0 Å². The molecule has 0 saturated heterocycles. The maximum atomic E-state index is 12.0. The first kappa shape index (κ1) is 11.1. The van der Waals surface area contributed by atoms with Gasteiger partial charge < -0.3 is 10.5 Å². The molecule has 2 rings (SSSR count). The van der Waals surface area contributed by atoms with Crippen molar-refractivity contribution in [3.63, 3.8) is 0 Å². The summed E-state index contributed by atoms with van der Waals surface area (Å²) in [6.45, 7) is 0. The molecule has 0 aliphatic carbocycles. The number of carbonyl (C=O) groups is 1. The number of anilines is 1. The summed E-state index contributed by atoms with van der Waals surface area (Å²) in [7, 11) is 1.58. The molecular weight excluding hydrogens is 216 g/mol. The number of ketones is 1. The van der Waals surface area contributed by atoms with Gasteiger partial charge in [0.1, 0.15) is 11.4 Å². The minimum Gasteiger partial charge on any atom is -0.497 e. The van der Waals surface area contributed by atoms with Gasteiger partial charge in [0.25, 0.3) is 0 Å². The number of nitrogen functional groups attached to an aromatic ring is 1. The van der Waals surface area contributed by atoms with E-state index in [-0.39, 0.29) is 5.78 Å². The van der Waals surface area contributed by atoms with E-state index in [1.54, 1.807) is 43.5 Å². The number of ether oxygens (including phenoxy) is 1. The van der Waals surface area contributed by atoms with Crippen LogP contribution in [0.1, 0.15) is 16.1 Å². The van der Waals surface area contributed by atoms with E-state index in [1.807, 2.05) is 0 Å². The molecule has 17 heavy (non-hydrogen) atoms. The van der Waals surface area contributed by atoms with Crippen LogP contribution in [-0.2, 0) is 0 Å². The van der Waals surface area contributed by atoms with E-state index >= 15 is 0 Å². The van der Waals surface area contributed by atoms with Gasteiger partial charge in [-0.1, -0.05) is 0 Å². The Morgan fingerprint density at radius 1 is 1.18 bits per heavy atom. The van der Waals surface area contributed by atoms with Gasteiger partial charge in [-0.3, -0.25) is 9.78 Å². The molecule has 4 nitrogen and oxygen atoms in total. The summed E-state index contributed by atoms with van der Waals surface area (Å²) < 4.78 is 5.03. The van der Waals surface area contributed by atoms with Crippen LogP contribution in [0, 0.1) is 0 Å². The highest BCUT2D eigenvalue weighted by Crippen LogP contribution is 2.14. The Balaban J connectivity index is 2.27. The van der Waals surface area contributed by atoms with Gasteiger partial charge >= 0.3 is 0 Å². The number of pyridine rings is 1. The first-order valence-electron chi connectivity index (χ1n) is 5.11. The number of carbonyl (C=O) groups excluding carboxylic acids is 1. The fourth-order valence-corrected chi connectivity index (χ4v) is 1.43. The standard InChI is InChI=1S/C13H12N2O2/c1-17-11-5-2-9(3-6-11)13(16)12-7-4-10(14)8-15-12/h2-8H,14H2,1H3. The first-order chi connectivity index (χ1) is 8.20. The van der Waals surface area contributed by atoms with Gasteiger partial charge in [0, 0.05) is 5.56 Å². The summed E-state index contributed by atoms with van der Waals surface area (Å²) in [6.07, 6.45) is 1.47. The Kier molecular flexibility index (Phi) is 3.05. The summed E-state index contributed by atoms with van der Waals surface area (Å²) in [5, 5.41) is 0. The summed E-state index contributed by atoms with van der Waals surface area (Å²) in [6, 6.07) is 10.2. The van der Waals surface area contributed by atoms with Gasteiger partial charge in [-0.05, 0) is 36.4 Å². The maximum Gasteiger partial charge on any atom is 0.211 e. The molecule has 0 radical (unpaired) electrons. The molecule has 4 heteroatoms. The number of aromatic nitrogens is 1. The second kappa shape index (κ2) is 4.65. The summed E-state index contributed by atoms with van der Waals surface area (Å²) >= 11 is 0. The Labute approximate surface area is 99.1 Å². The van der Waals surface area contributed by atoms with E-state index in [0.29, 0.717) is 22.7 Å². The first-order valence-corrected chi connectivity index (χ1v) is 5.11. The van der Waals surface area contributed by atoms with Crippen molar-refractivity contribution in [3.05, 3.63) is 53.9 Å². The Bertz CT molecular complexity index is 518. The number of hydrogen-bond donors (Lipinski definition) is 1. The zero-order chi connectivity index (χ0) is 12.3. The van der Waals surface area contributed by atoms with Crippen LogP contribution in [0.25, 0.3) is 0 Å². The largest absolute Gasteiger partial charge is 0.497 e. The second-order valence-corrected chi connectivity index (χ2v) is 3.53. The van der Waals surface area contributed by atoms with Crippen LogP contribution in [0.5, 0.6) is 5.75 Å². The third kappa shape index (κ3) is 2.42. The second-order valence-electron chi connectivity index (χ2n) is 3.53. The molecule has 0 unspecified atom stereocenters. The number of rotatable bonds is 3. The molecule has 1 heterocycles. The molecule has 86 valence electrons. The van der Waals surface area contributed by atoms with Crippen molar-refractivity contribution in [2.24, 2.45) is 0 Å². The van der Waals surface area contributed by atoms with E-state index in [4.69, 9.17) is 10.5 Å². The molecular formula is C13H12N2O2. The number of nitrogens with zero attached hydrogens (tertiary/aromatic N) is 1. The topological polar surface area (TPSA) is 65.2 Å². The van der Waals surface area contributed by atoms with Gasteiger partial charge in [0.2, 0.25) is 5.78 Å². The number of benzene rings is 1. The van der Waals surface area contributed by atoms with E-state index in [0.717, 1.165) is 0 Å². The summed E-state index contributed by atoms with van der Waals surface area (Å²) in [5.74, 6) is 0.583. The van der Waals surface area contributed by atoms with Crippen LogP contribution in [-0.4, -0.2) is 17.9 Å². The highest BCUT2D eigenvalue weighted by atomic mass is 16.5. The van der Waals surface area contributed by atoms with Crippen molar-refractivity contribution in [2.75, 3.05) is 12.8 Å². The van der Waals surface area contributed by atoms with Crippen molar-refractivity contribution in [3.8, 4) is 5.75 Å². The van der Waals surface area contributed by atoms with E-state index in [9.17, 15) is 4.79 Å². The molecule has 1 aromatic carbocycles. The Hall–Kier alpha value is -2.36. The van der Waals surface area contributed by atoms with Crippen molar-refractivity contribution in [1.29, 1.82) is 0 Å². The predicted molar refractivity (Wildman–Crippen MR) is 65.1 cm³/mol. The lowest BCUT2D eigenvalue weighted by Gasteiger charge is -2.02. The highest BCUT2D eigenvalue weighted by molar-refractivity contribution is 6.07. The minimum atomic E-state index is -0.132. The molecule has 0 fully saturated rings. The lowest BCUT2D eigenvalue weighted by molar-refractivity contribution is 0.103. The predicted octanol–water partition coefficient (Wildman–Crippen LogP) is 1.90. The maximum absolute atomic E-state index is 12.0. The normalized spacial score (nSPS) is 9.94. The van der Waals surface area contributed by atoms with Crippen LogP contribution in [0.2, 0.25) is 0 Å². The lowest BCUT2D eigenvalue weighted by Crippen LogP contribution is -2.04. The number of hydrogen-bond acceptors (Lipinski definition) is 4. The zero-order valence-corrected chi connectivity index (χ0v) is 9.38. The summed E-state index contributed by atoms with van der Waals surface area (Å²) in [4.78, 5) is 16.0. The monoisotopic (exact) mass is 228 g/mol. The summed E-state index contributed by atoms with van der Waals surface area (Å²) in [5.41, 5.74) is 7.00. The van der Waals surface area contributed by atoms with Crippen molar-refractivity contribution in [1.82, 2.24) is 4.98 Å². The number of nitrogens with two attached hydrogens (primary N) is 1. The molecule has 0 aliphatic rings. The molecule has 0 bridgehead atoms. The molecule has 0 amide bonds. The molecule has 0 atom stereocenters. The average Bonchev–Trinajstić information content (AvgIpc) is 2.39. The van der Waals surface area contributed by atoms with Crippen molar-refractivity contribution < 1.29 is 9.53 Å². The average molecular weight is 228 g/mol. The fourth-order valence-electron chi connectivity index (χ4n) is 1.43.